The predicted octanol–water partition coefficient (Wildman–Crippen LogP) is 3.00. The third kappa shape index (κ3) is 3.58. The Labute approximate surface area is 128 Å². The number of piperazine rings is 1. The summed E-state index contributed by atoms with van der Waals surface area (Å²) in [7, 11) is 0. The van der Waals surface area contributed by atoms with Crippen LogP contribution in [0.25, 0.3) is 0 Å². The van der Waals surface area contributed by atoms with E-state index in [0.29, 0.717) is 12.0 Å². The molecular weight excluding hydrogens is 260 g/mol. The Bertz CT molecular complexity index is 466. The molecule has 1 atom stereocenters. The van der Waals surface area contributed by atoms with E-state index in [1.165, 1.54) is 43.5 Å². The molecule has 3 rings (SSSR count). The van der Waals surface area contributed by atoms with Crippen LogP contribution in [-0.2, 0) is 6.42 Å². The molecule has 1 unspecified atom stereocenters. The van der Waals surface area contributed by atoms with Gasteiger partial charge in [0.05, 0.1) is 6.61 Å². The van der Waals surface area contributed by atoms with Gasteiger partial charge in [0, 0.05) is 32.2 Å². The monoisotopic (exact) mass is 288 g/mol. The fourth-order valence-corrected chi connectivity index (χ4v) is 3.48. The summed E-state index contributed by atoms with van der Waals surface area (Å²) in [4.78, 5) is 2.65. The van der Waals surface area contributed by atoms with Crippen LogP contribution in [-0.4, -0.2) is 37.7 Å². The third-order valence-corrected chi connectivity index (χ3v) is 4.58. The van der Waals surface area contributed by atoms with Crippen molar-refractivity contribution in [3.63, 3.8) is 0 Å². The van der Waals surface area contributed by atoms with Gasteiger partial charge in [-0.05, 0) is 48.4 Å². The Morgan fingerprint density at radius 3 is 2.86 bits per heavy atom. The van der Waals surface area contributed by atoms with Crippen molar-refractivity contribution >= 4 is 0 Å². The molecule has 1 heterocycles. The van der Waals surface area contributed by atoms with E-state index in [-0.39, 0.29) is 0 Å². The second-order valence-corrected chi connectivity index (χ2v) is 6.76. The molecule has 1 aliphatic heterocycles. The van der Waals surface area contributed by atoms with E-state index in [0.717, 1.165) is 25.4 Å². The molecule has 1 aliphatic carbocycles. The molecule has 1 aromatic carbocycles. The van der Waals surface area contributed by atoms with Crippen LogP contribution in [0, 0.1) is 5.92 Å². The number of nitrogens with zero attached hydrogens (tertiary/aromatic N) is 1. The van der Waals surface area contributed by atoms with Crippen molar-refractivity contribution in [2.24, 2.45) is 5.92 Å². The number of hydrogen-bond acceptors (Lipinski definition) is 3. The van der Waals surface area contributed by atoms with Crippen molar-refractivity contribution in [1.29, 1.82) is 0 Å². The SMILES string of the molecule is CC(C)COc1ccc2c(c1)C(N1CCNCC1)CCC2. The molecule has 3 heteroatoms. The number of rotatable bonds is 4. The lowest BCUT2D eigenvalue weighted by molar-refractivity contribution is 0.157. The Balaban J connectivity index is 1.79. The van der Waals surface area contributed by atoms with E-state index in [2.05, 4.69) is 42.3 Å². The number of hydrogen-bond donors (Lipinski definition) is 1. The Hall–Kier alpha value is -1.06. The van der Waals surface area contributed by atoms with Crippen LogP contribution in [0.3, 0.4) is 0 Å². The lowest BCUT2D eigenvalue weighted by Gasteiger charge is -2.38. The lowest BCUT2D eigenvalue weighted by atomic mass is 9.86. The molecule has 0 aromatic heterocycles. The van der Waals surface area contributed by atoms with Crippen molar-refractivity contribution in [3.8, 4) is 5.75 Å². The largest absolute Gasteiger partial charge is 0.493 e. The minimum atomic E-state index is 0.574. The van der Waals surface area contributed by atoms with Crippen LogP contribution in [0.2, 0.25) is 0 Å². The fourth-order valence-electron chi connectivity index (χ4n) is 3.48. The van der Waals surface area contributed by atoms with E-state index in [1.807, 2.05) is 0 Å². The minimum Gasteiger partial charge on any atom is -0.493 e. The van der Waals surface area contributed by atoms with E-state index >= 15 is 0 Å². The zero-order valence-electron chi connectivity index (χ0n) is 13.4. The van der Waals surface area contributed by atoms with Crippen LogP contribution in [0.5, 0.6) is 5.75 Å². The minimum absolute atomic E-state index is 0.574. The second kappa shape index (κ2) is 6.80. The number of ether oxygens (including phenoxy) is 1. The molecule has 2 aliphatic rings. The highest BCUT2D eigenvalue weighted by Gasteiger charge is 2.27. The maximum atomic E-state index is 5.94. The summed E-state index contributed by atoms with van der Waals surface area (Å²) in [6.07, 6.45) is 3.83. The zero-order chi connectivity index (χ0) is 14.7. The van der Waals surface area contributed by atoms with Gasteiger partial charge in [-0.3, -0.25) is 4.90 Å². The maximum Gasteiger partial charge on any atom is 0.119 e. The molecule has 116 valence electrons. The van der Waals surface area contributed by atoms with Crippen molar-refractivity contribution in [1.82, 2.24) is 10.2 Å². The summed E-state index contributed by atoms with van der Waals surface area (Å²) >= 11 is 0. The summed E-state index contributed by atoms with van der Waals surface area (Å²) in [6, 6.07) is 7.35. The summed E-state index contributed by atoms with van der Waals surface area (Å²) in [5.74, 6) is 1.62. The van der Waals surface area contributed by atoms with Gasteiger partial charge >= 0.3 is 0 Å². The smallest absolute Gasteiger partial charge is 0.119 e. The van der Waals surface area contributed by atoms with Crippen LogP contribution in [0.1, 0.15) is 43.9 Å². The maximum absolute atomic E-state index is 5.94. The predicted molar refractivity (Wildman–Crippen MR) is 86.9 cm³/mol. The fraction of sp³-hybridized carbons (Fsp3) is 0.667. The van der Waals surface area contributed by atoms with Gasteiger partial charge in [0.25, 0.3) is 0 Å². The number of aryl methyl sites for hydroxylation is 1. The Morgan fingerprint density at radius 2 is 2.10 bits per heavy atom. The molecule has 1 N–H and O–H groups in total. The molecule has 1 aromatic rings. The molecule has 0 saturated carbocycles. The van der Waals surface area contributed by atoms with Gasteiger partial charge in [0.1, 0.15) is 5.75 Å². The molecule has 3 nitrogen and oxygen atoms in total. The van der Waals surface area contributed by atoms with Gasteiger partial charge in [0.15, 0.2) is 0 Å². The average molecular weight is 288 g/mol. The molecule has 21 heavy (non-hydrogen) atoms. The highest BCUT2D eigenvalue weighted by molar-refractivity contribution is 5.39. The van der Waals surface area contributed by atoms with Crippen molar-refractivity contribution in [3.05, 3.63) is 29.3 Å². The number of nitrogens with one attached hydrogen (secondary N) is 1. The third-order valence-electron chi connectivity index (χ3n) is 4.58. The first-order valence-electron chi connectivity index (χ1n) is 8.44. The molecule has 1 saturated heterocycles. The summed E-state index contributed by atoms with van der Waals surface area (Å²) in [6.45, 7) is 9.77. The normalized spacial score (nSPS) is 23.1. The summed E-state index contributed by atoms with van der Waals surface area (Å²) < 4.78 is 5.94. The first-order valence-corrected chi connectivity index (χ1v) is 8.44. The van der Waals surface area contributed by atoms with Crippen LogP contribution in [0.4, 0.5) is 0 Å². The van der Waals surface area contributed by atoms with Gasteiger partial charge in [-0.15, -0.1) is 0 Å². The molecule has 0 bridgehead atoms. The second-order valence-electron chi connectivity index (χ2n) is 6.76. The van der Waals surface area contributed by atoms with E-state index in [4.69, 9.17) is 4.74 Å². The van der Waals surface area contributed by atoms with Gasteiger partial charge in [-0.2, -0.15) is 0 Å². The molecule has 0 spiro atoms. The first kappa shape index (κ1) is 14.9. The molecular formula is C18H28N2O. The topological polar surface area (TPSA) is 24.5 Å². The summed E-state index contributed by atoms with van der Waals surface area (Å²) in [5.41, 5.74) is 3.05. The number of benzene rings is 1. The van der Waals surface area contributed by atoms with Crippen LogP contribution >= 0.6 is 0 Å². The zero-order valence-corrected chi connectivity index (χ0v) is 13.4. The van der Waals surface area contributed by atoms with Crippen molar-refractivity contribution < 1.29 is 4.74 Å². The molecule has 1 fully saturated rings. The molecule has 0 amide bonds. The summed E-state index contributed by atoms with van der Waals surface area (Å²) in [5, 5.41) is 3.46. The average Bonchev–Trinajstić information content (AvgIpc) is 2.53. The van der Waals surface area contributed by atoms with Gasteiger partial charge in [0.2, 0.25) is 0 Å². The van der Waals surface area contributed by atoms with Gasteiger partial charge in [-0.1, -0.05) is 19.9 Å². The standard InChI is InChI=1S/C18H28N2O/c1-14(2)13-21-16-7-6-15-4-3-5-18(17(15)12-16)20-10-8-19-9-11-20/h6-7,12,14,18-19H,3-5,8-11,13H2,1-2H3. The van der Waals surface area contributed by atoms with E-state index in [9.17, 15) is 0 Å². The molecule has 0 radical (unpaired) electrons. The highest BCUT2D eigenvalue weighted by atomic mass is 16.5. The van der Waals surface area contributed by atoms with Gasteiger partial charge in [-0.25, -0.2) is 0 Å². The Morgan fingerprint density at radius 1 is 1.29 bits per heavy atom. The van der Waals surface area contributed by atoms with Crippen molar-refractivity contribution in [2.45, 2.75) is 39.2 Å². The van der Waals surface area contributed by atoms with Crippen LogP contribution < -0.4 is 10.1 Å². The quantitative estimate of drug-likeness (QED) is 0.922. The highest BCUT2D eigenvalue weighted by Crippen LogP contribution is 2.36. The van der Waals surface area contributed by atoms with E-state index < -0.39 is 0 Å². The first-order chi connectivity index (χ1) is 10.2. The van der Waals surface area contributed by atoms with Crippen molar-refractivity contribution in [2.75, 3.05) is 32.8 Å². The van der Waals surface area contributed by atoms with Crippen LogP contribution in [0.15, 0.2) is 18.2 Å². The number of fused-ring (bicyclic) bond motifs is 1. The lowest BCUT2D eigenvalue weighted by Crippen LogP contribution is -2.45. The Kier molecular flexibility index (Phi) is 4.81. The van der Waals surface area contributed by atoms with Gasteiger partial charge < -0.3 is 10.1 Å². The van der Waals surface area contributed by atoms with E-state index in [1.54, 1.807) is 0 Å².